The molecule has 0 radical (unpaired) electrons. The van der Waals surface area contributed by atoms with E-state index in [2.05, 4.69) is 43.0 Å². The van der Waals surface area contributed by atoms with E-state index in [1.165, 1.54) is 5.56 Å². The van der Waals surface area contributed by atoms with Crippen molar-refractivity contribution in [1.82, 2.24) is 9.80 Å². The first-order chi connectivity index (χ1) is 10.8. The van der Waals surface area contributed by atoms with Crippen LogP contribution in [0.2, 0.25) is 0 Å². The zero-order chi connectivity index (χ0) is 17.0. The SMILES string of the molecule is CC[C@H]1CN(Cc2ccccc2)C(C)CN1C(=O)OC(C)(C)C. The smallest absolute Gasteiger partial charge is 0.410 e. The van der Waals surface area contributed by atoms with E-state index in [-0.39, 0.29) is 12.1 Å². The zero-order valence-corrected chi connectivity index (χ0v) is 15.1. The summed E-state index contributed by atoms with van der Waals surface area (Å²) in [6.07, 6.45) is 0.757. The summed E-state index contributed by atoms with van der Waals surface area (Å²) in [6.45, 7) is 12.6. The van der Waals surface area contributed by atoms with E-state index in [9.17, 15) is 4.79 Å². The molecule has 1 fully saturated rings. The van der Waals surface area contributed by atoms with Gasteiger partial charge in [0.05, 0.1) is 0 Å². The maximum atomic E-state index is 12.5. The topological polar surface area (TPSA) is 32.8 Å². The van der Waals surface area contributed by atoms with Gasteiger partial charge in [-0.25, -0.2) is 4.79 Å². The molecule has 0 bridgehead atoms. The van der Waals surface area contributed by atoms with Crippen molar-refractivity contribution in [3.8, 4) is 0 Å². The van der Waals surface area contributed by atoms with Gasteiger partial charge < -0.3 is 9.64 Å². The number of rotatable bonds is 3. The van der Waals surface area contributed by atoms with Gasteiger partial charge in [-0.1, -0.05) is 37.3 Å². The van der Waals surface area contributed by atoms with Gasteiger partial charge in [-0.3, -0.25) is 4.90 Å². The Morgan fingerprint density at radius 1 is 1.22 bits per heavy atom. The van der Waals surface area contributed by atoms with E-state index in [4.69, 9.17) is 4.74 Å². The van der Waals surface area contributed by atoms with Crippen LogP contribution in [-0.4, -0.2) is 46.7 Å². The monoisotopic (exact) mass is 318 g/mol. The van der Waals surface area contributed by atoms with Crippen molar-refractivity contribution >= 4 is 6.09 Å². The zero-order valence-electron chi connectivity index (χ0n) is 15.1. The molecule has 0 spiro atoms. The molecule has 4 heteroatoms. The number of carbonyl (C=O) groups is 1. The van der Waals surface area contributed by atoms with Crippen LogP contribution in [0.3, 0.4) is 0 Å². The van der Waals surface area contributed by atoms with E-state index in [1.807, 2.05) is 31.7 Å². The number of hydrogen-bond acceptors (Lipinski definition) is 3. The highest BCUT2D eigenvalue weighted by atomic mass is 16.6. The molecule has 2 rings (SSSR count). The summed E-state index contributed by atoms with van der Waals surface area (Å²) >= 11 is 0. The van der Waals surface area contributed by atoms with Gasteiger partial charge in [-0.05, 0) is 39.7 Å². The largest absolute Gasteiger partial charge is 0.444 e. The molecule has 128 valence electrons. The van der Waals surface area contributed by atoms with Gasteiger partial charge in [-0.2, -0.15) is 0 Å². The van der Waals surface area contributed by atoms with Crippen LogP contribution in [0.1, 0.15) is 46.6 Å². The normalized spacial score (nSPS) is 22.9. The van der Waals surface area contributed by atoms with Crippen LogP contribution >= 0.6 is 0 Å². The summed E-state index contributed by atoms with van der Waals surface area (Å²) < 4.78 is 5.58. The molecule has 1 saturated heterocycles. The Kier molecular flexibility index (Phi) is 5.69. The molecule has 1 aromatic carbocycles. The predicted octanol–water partition coefficient (Wildman–Crippen LogP) is 3.91. The van der Waals surface area contributed by atoms with Crippen LogP contribution in [0.25, 0.3) is 0 Å². The molecule has 2 atom stereocenters. The summed E-state index contributed by atoms with van der Waals surface area (Å²) in [6, 6.07) is 11.1. The van der Waals surface area contributed by atoms with Crippen molar-refractivity contribution < 1.29 is 9.53 Å². The first-order valence-electron chi connectivity index (χ1n) is 8.57. The predicted molar refractivity (Wildman–Crippen MR) is 93.3 cm³/mol. The summed E-state index contributed by atoms with van der Waals surface area (Å²) in [7, 11) is 0. The molecule has 0 aliphatic carbocycles. The highest BCUT2D eigenvalue weighted by molar-refractivity contribution is 5.68. The fourth-order valence-corrected chi connectivity index (χ4v) is 3.03. The van der Waals surface area contributed by atoms with Gasteiger partial charge in [0.15, 0.2) is 0 Å². The Balaban J connectivity index is 2.04. The van der Waals surface area contributed by atoms with Crippen molar-refractivity contribution in [2.45, 2.75) is 65.3 Å². The molecule has 23 heavy (non-hydrogen) atoms. The van der Waals surface area contributed by atoms with Gasteiger partial charge in [0.1, 0.15) is 5.60 Å². The molecule has 1 aromatic rings. The van der Waals surface area contributed by atoms with Gasteiger partial charge in [0.2, 0.25) is 0 Å². The van der Waals surface area contributed by atoms with Crippen LogP contribution in [0.5, 0.6) is 0 Å². The molecular weight excluding hydrogens is 288 g/mol. The minimum Gasteiger partial charge on any atom is -0.444 e. The number of amides is 1. The van der Waals surface area contributed by atoms with E-state index in [0.29, 0.717) is 6.04 Å². The third-order valence-electron chi connectivity index (χ3n) is 4.30. The van der Waals surface area contributed by atoms with E-state index in [0.717, 1.165) is 26.1 Å². The molecule has 4 nitrogen and oxygen atoms in total. The Morgan fingerprint density at radius 3 is 2.43 bits per heavy atom. The Hall–Kier alpha value is -1.55. The number of ether oxygens (including phenoxy) is 1. The van der Waals surface area contributed by atoms with Crippen molar-refractivity contribution in [2.24, 2.45) is 0 Å². The molecular formula is C19H30N2O2. The van der Waals surface area contributed by atoms with Gasteiger partial charge in [0, 0.05) is 31.7 Å². The fraction of sp³-hybridized carbons (Fsp3) is 0.632. The second-order valence-electron chi connectivity index (χ2n) is 7.46. The molecule has 1 aliphatic rings. The lowest BCUT2D eigenvalue weighted by Gasteiger charge is -2.45. The summed E-state index contributed by atoms with van der Waals surface area (Å²) in [5.74, 6) is 0. The summed E-state index contributed by atoms with van der Waals surface area (Å²) in [4.78, 5) is 16.9. The third kappa shape index (κ3) is 4.96. The first-order valence-corrected chi connectivity index (χ1v) is 8.57. The Morgan fingerprint density at radius 2 is 1.87 bits per heavy atom. The highest BCUT2D eigenvalue weighted by Gasteiger charge is 2.35. The van der Waals surface area contributed by atoms with Gasteiger partial charge in [0.25, 0.3) is 0 Å². The van der Waals surface area contributed by atoms with Crippen LogP contribution < -0.4 is 0 Å². The lowest BCUT2D eigenvalue weighted by molar-refractivity contribution is -0.0158. The van der Waals surface area contributed by atoms with Crippen molar-refractivity contribution in [3.63, 3.8) is 0 Å². The quantitative estimate of drug-likeness (QED) is 0.847. The molecule has 0 aromatic heterocycles. The highest BCUT2D eigenvalue weighted by Crippen LogP contribution is 2.22. The first kappa shape index (κ1) is 17.8. The number of hydrogen-bond donors (Lipinski definition) is 0. The van der Waals surface area contributed by atoms with E-state index >= 15 is 0 Å². The standard InChI is InChI=1S/C19H30N2O2/c1-6-17-14-20(13-16-10-8-7-9-11-16)15(2)12-21(17)18(22)23-19(3,4)5/h7-11,15,17H,6,12-14H2,1-5H3/t15?,17-/m0/s1. The van der Waals surface area contributed by atoms with Crippen LogP contribution in [0.15, 0.2) is 30.3 Å². The molecule has 0 saturated carbocycles. The van der Waals surface area contributed by atoms with Crippen molar-refractivity contribution in [3.05, 3.63) is 35.9 Å². The van der Waals surface area contributed by atoms with Crippen LogP contribution in [-0.2, 0) is 11.3 Å². The number of benzene rings is 1. The van der Waals surface area contributed by atoms with Crippen molar-refractivity contribution in [1.29, 1.82) is 0 Å². The second-order valence-corrected chi connectivity index (χ2v) is 7.46. The van der Waals surface area contributed by atoms with Crippen LogP contribution in [0, 0.1) is 0 Å². The van der Waals surface area contributed by atoms with Gasteiger partial charge >= 0.3 is 6.09 Å². The minimum absolute atomic E-state index is 0.185. The molecule has 1 unspecified atom stereocenters. The average molecular weight is 318 g/mol. The van der Waals surface area contributed by atoms with Crippen molar-refractivity contribution in [2.75, 3.05) is 13.1 Å². The molecule has 1 amide bonds. The maximum Gasteiger partial charge on any atom is 0.410 e. The lowest BCUT2D eigenvalue weighted by atomic mass is 10.0. The average Bonchev–Trinajstić information content (AvgIpc) is 2.48. The third-order valence-corrected chi connectivity index (χ3v) is 4.30. The van der Waals surface area contributed by atoms with E-state index in [1.54, 1.807) is 0 Å². The summed E-state index contributed by atoms with van der Waals surface area (Å²) in [5, 5.41) is 0. The lowest BCUT2D eigenvalue weighted by Crippen LogP contribution is -2.59. The Bertz CT molecular complexity index is 510. The molecule has 0 N–H and O–H groups in total. The maximum absolute atomic E-state index is 12.5. The molecule has 1 heterocycles. The van der Waals surface area contributed by atoms with Gasteiger partial charge in [-0.15, -0.1) is 0 Å². The number of carbonyl (C=O) groups excluding carboxylic acids is 1. The number of piperazine rings is 1. The fourth-order valence-electron chi connectivity index (χ4n) is 3.03. The number of nitrogens with zero attached hydrogens (tertiary/aromatic N) is 2. The minimum atomic E-state index is -0.445. The molecule has 1 aliphatic heterocycles. The Labute approximate surface area is 140 Å². The summed E-state index contributed by atoms with van der Waals surface area (Å²) in [5.41, 5.74) is 0.875. The van der Waals surface area contributed by atoms with E-state index < -0.39 is 5.60 Å². The van der Waals surface area contributed by atoms with Crippen LogP contribution in [0.4, 0.5) is 4.79 Å². The second kappa shape index (κ2) is 7.35.